The van der Waals surface area contributed by atoms with Gasteiger partial charge in [0.15, 0.2) is 6.61 Å². The number of carbonyl (C=O) groups excluding carboxylic acids is 2. The van der Waals surface area contributed by atoms with Gasteiger partial charge in [-0.25, -0.2) is 4.79 Å². The lowest BCUT2D eigenvalue weighted by Crippen LogP contribution is -2.22. The van der Waals surface area contributed by atoms with Gasteiger partial charge < -0.3 is 10.1 Å². The molecule has 126 valence electrons. The van der Waals surface area contributed by atoms with Crippen LogP contribution in [0.1, 0.15) is 27.0 Å². The molecule has 0 bridgehead atoms. The van der Waals surface area contributed by atoms with Gasteiger partial charge in [0.1, 0.15) is 0 Å². The Labute approximate surface area is 150 Å². The molecule has 0 radical (unpaired) electrons. The van der Waals surface area contributed by atoms with E-state index in [-0.39, 0.29) is 17.2 Å². The van der Waals surface area contributed by atoms with Gasteiger partial charge in [-0.05, 0) is 50.1 Å². The Morgan fingerprint density at radius 1 is 1.00 bits per heavy atom. The Morgan fingerprint density at radius 2 is 1.62 bits per heavy atom. The van der Waals surface area contributed by atoms with Gasteiger partial charge in [0.25, 0.3) is 5.91 Å². The SMILES string of the molecule is Cc1cc(C)c(NC(=O)COC(=O)c2ccc(Cl)c(Cl)c2)c(C)c1. The minimum absolute atomic E-state index is 0.236. The third kappa shape index (κ3) is 4.49. The number of halogens is 2. The van der Waals surface area contributed by atoms with Crippen LogP contribution in [0.2, 0.25) is 10.0 Å². The summed E-state index contributed by atoms with van der Waals surface area (Å²) in [7, 11) is 0. The molecule has 0 fully saturated rings. The summed E-state index contributed by atoms with van der Waals surface area (Å²) < 4.78 is 5.01. The molecule has 0 saturated carbocycles. The average Bonchev–Trinajstić information content (AvgIpc) is 2.51. The maximum Gasteiger partial charge on any atom is 0.338 e. The molecule has 0 saturated heterocycles. The molecule has 0 aliphatic rings. The van der Waals surface area contributed by atoms with Crippen LogP contribution >= 0.6 is 23.2 Å². The molecule has 6 heteroatoms. The molecule has 0 spiro atoms. The third-order valence-corrected chi connectivity index (χ3v) is 4.17. The van der Waals surface area contributed by atoms with Crippen LogP contribution in [0.15, 0.2) is 30.3 Å². The first-order valence-corrected chi connectivity index (χ1v) is 8.03. The van der Waals surface area contributed by atoms with Crippen molar-refractivity contribution in [3.63, 3.8) is 0 Å². The molecule has 1 N–H and O–H groups in total. The second-order valence-corrected chi connectivity index (χ2v) is 6.34. The Morgan fingerprint density at radius 3 is 2.21 bits per heavy atom. The van der Waals surface area contributed by atoms with Gasteiger partial charge in [-0.1, -0.05) is 40.9 Å². The predicted octanol–water partition coefficient (Wildman–Crippen LogP) is 4.71. The van der Waals surface area contributed by atoms with Gasteiger partial charge in [-0.15, -0.1) is 0 Å². The van der Waals surface area contributed by atoms with Crippen LogP contribution in [-0.4, -0.2) is 18.5 Å². The van der Waals surface area contributed by atoms with Crippen LogP contribution in [-0.2, 0) is 9.53 Å². The fourth-order valence-electron chi connectivity index (χ4n) is 2.39. The lowest BCUT2D eigenvalue weighted by molar-refractivity contribution is -0.119. The fourth-order valence-corrected chi connectivity index (χ4v) is 2.69. The maximum atomic E-state index is 12.0. The van der Waals surface area contributed by atoms with Gasteiger partial charge in [-0.3, -0.25) is 4.79 Å². The smallest absolute Gasteiger partial charge is 0.338 e. The summed E-state index contributed by atoms with van der Waals surface area (Å²) in [4.78, 5) is 24.0. The Bertz CT molecular complexity index is 780. The third-order valence-electron chi connectivity index (χ3n) is 3.43. The van der Waals surface area contributed by atoms with E-state index < -0.39 is 11.9 Å². The standard InChI is InChI=1S/C18H17Cl2NO3/c1-10-6-11(2)17(12(3)7-10)21-16(22)9-24-18(23)13-4-5-14(19)15(20)8-13/h4-8H,9H2,1-3H3,(H,21,22). The number of ether oxygens (including phenoxy) is 1. The van der Waals surface area contributed by atoms with E-state index in [4.69, 9.17) is 27.9 Å². The number of esters is 1. The van der Waals surface area contributed by atoms with Crippen molar-refractivity contribution in [1.82, 2.24) is 0 Å². The monoisotopic (exact) mass is 365 g/mol. The van der Waals surface area contributed by atoms with Crippen molar-refractivity contribution in [2.45, 2.75) is 20.8 Å². The number of benzene rings is 2. The predicted molar refractivity (Wildman–Crippen MR) is 96.0 cm³/mol. The van der Waals surface area contributed by atoms with E-state index in [1.54, 1.807) is 0 Å². The van der Waals surface area contributed by atoms with E-state index in [9.17, 15) is 9.59 Å². The van der Waals surface area contributed by atoms with Crippen LogP contribution < -0.4 is 5.32 Å². The van der Waals surface area contributed by atoms with Crippen molar-refractivity contribution in [3.05, 3.63) is 62.6 Å². The Kier molecular flexibility index (Phi) is 5.86. The first-order valence-electron chi connectivity index (χ1n) is 7.28. The van der Waals surface area contributed by atoms with E-state index in [1.165, 1.54) is 18.2 Å². The molecule has 0 aromatic heterocycles. The lowest BCUT2D eigenvalue weighted by Gasteiger charge is -2.13. The lowest BCUT2D eigenvalue weighted by atomic mass is 10.1. The Hall–Kier alpha value is -2.04. The highest BCUT2D eigenvalue weighted by molar-refractivity contribution is 6.42. The average molecular weight is 366 g/mol. The van der Waals surface area contributed by atoms with Gasteiger partial charge in [0.05, 0.1) is 15.6 Å². The summed E-state index contributed by atoms with van der Waals surface area (Å²) in [5, 5.41) is 3.36. The van der Waals surface area contributed by atoms with Crippen molar-refractivity contribution in [3.8, 4) is 0 Å². The van der Waals surface area contributed by atoms with E-state index >= 15 is 0 Å². The van der Waals surface area contributed by atoms with Crippen LogP contribution in [0.4, 0.5) is 5.69 Å². The van der Waals surface area contributed by atoms with Gasteiger partial charge in [-0.2, -0.15) is 0 Å². The van der Waals surface area contributed by atoms with Crippen molar-refractivity contribution in [2.24, 2.45) is 0 Å². The fraction of sp³-hybridized carbons (Fsp3) is 0.222. The summed E-state index contributed by atoms with van der Waals surface area (Å²) >= 11 is 11.7. The van der Waals surface area contributed by atoms with Crippen molar-refractivity contribution < 1.29 is 14.3 Å². The molecule has 0 aliphatic carbocycles. The van der Waals surface area contributed by atoms with E-state index in [1.807, 2.05) is 32.9 Å². The first-order chi connectivity index (χ1) is 11.3. The van der Waals surface area contributed by atoms with Gasteiger partial charge in [0, 0.05) is 5.69 Å². The highest BCUT2D eigenvalue weighted by atomic mass is 35.5. The molecule has 0 unspecified atom stereocenters. The van der Waals surface area contributed by atoms with Crippen molar-refractivity contribution in [1.29, 1.82) is 0 Å². The number of nitrogens with one attached hydrogen (secondary N) is 1. The van der Waals surface area contributed by atoms with E-state index in [2.05, 4.69) is 5.32 Å². The minimum Gasteiger partial charge on any atom is -0.452 e. The zero-order chi connectivity index (χ0) is 17.9. The number of carbonyl (C=O) groups is 2. The quantitative estimate of drug-likeness (QED) is 0.797. The van der Waals surface area contributed by atoms with Crippen LogP contribution in [0, 0.1) is 20.8 Å². The molecule has 1 amide bonds. The number of hydrogen-bond donors (Lipinski definition) is 1. The van der Waals surface area contributed by atoms with Crippen LogP contribution in [0.25, 0.3) is 0 Å². The maximum absolute atomic E-state index is 12.0. The summed E-state index contributed by atoms with van der Waals surface area (Å²) in [6.45, 7) is 5.44. The molecule has 0 aliphatic heterocycles. The molecule has 0 atom stereocenters. The summed E-state index contributed by atoms with van der Waals surface area (Å²) in [5.41, 5.74) is 4.00. The molecular weight excluding hydrogens is 349 g/mol. The summed E-state index contributed by atoms with van der Waals surface area (Å²) in [5.74, 6) is -1.04. The van der Waals surface area contributed by atoms with Gasteiger partial charge in [0.2, 0.25) is 0 Å². The van der Waals surface area contributed by atoms with E-state index in [0.29, 0.717) is 5.02 Å². The minimum atomic E-state index is -0.638. The molecular formula is C18H17Cl2NO3. The highest BCUT2D eigenvalue weighted by Crippen LogP contribution is 2.23. The normalized spacial score (nSPS) is 10.4. The molecule has 2 aromatic rings. The number of aryl methyl sites for hydroxylation is 3. The Balaban J connectivity index is 1.98. The number of anilines is 1. The first kappa shape index (κ1) is 18.3. The number of rotatable bonds is 4. The summed E-state index contributed by atoms with van der Waals surface area (Å²) in [6, 6.07) is 8.34. The van der Waals surface area contributed by atoms with E-state index in [0.717, 1.165) is 22.4 Å². The highest BCUT2D eigenvalue weighted by Gasteiger charge is 2.13. The molecule has 2 aromatic carbocycles. The van der Waals surface area contributed by atoms with Crippen LogP contribution in [0.5, 0.6) is 0 Å². The molecule has 2 rings (SSSR count). The second-order valence-electron chi connectivity index (χ2n) is 5.53. The summed E-state index contributed by atoms with van der Waals surface area (Å²) in [6.07, 6.45) is 0. The second kappa shape index (κ2) is 7.69. The molecule has 0 heterocycles. The number of hydrogen-bond acceptors (Lipinski definition) is 3. The zero-order valence-electron chi connectivity index (χ0n) is 13.6. The van der Waals surface area contributed by atoms with Gasteiger partial charge >= 0.3 is 5.97 Å². The number of amides is 1. The molecule has 24 heavy (non-hydrogen) atoms. The largest absolute Gasteiger partial charge is 0.452 e. The van der Waals surface area contributed by atoms with Crippen molar-refractivity contribution in [2.75, 3.05) is 11.9 Å². The zero-order valence-corrected chi connectivity index (χ0v) is 15.1. The topological polar surface area (TPSA) is 55.4 Å². The molecule has 4 nitrogen and oxygen atoms in total. The van der Waals surface area contributed by atoms with Crippen LogP contribution in [0.3, 0.4) is 0 Å². The van der Waals surface area contributed by atoms with Crippen molar-refractivity contribution >= 4 is 40.8 Å².